The Morgan fingerprint density at radius 2 is 1.91 bits per heavy atom. The second kappa shape index (κ2) is 7.91. The van der Waals surface area contributed by atoms with Crippen LogP contribution in [0.25, 0.3) is 55.8 Å². The third-order valence-corrected chi connectivity index (χ3v) is 6.28. The Morgan fingerprint density at radius 3 is 2.76 bits per heavy atom. The Bertz CT molecular complexity index is 1580. The molecular weight excluding hydrogens is 430 g/mol. The highest BCUT2D eigenvalue weighted by atomic mass is 32.1. The van der Waals surface area contributed by atoms with Gasteiger partial charge in [0, 0.05) is 52.5 Å². The zero-order chi connectivity index (χ0) is 22.4. The number of aromatic nitrogens is 6. The third-order valence-electron chi connectivity index (χ3n) is 5.60. The highest BCUT2D eigenvalue weighted by Gasteiger charge is 2.16. The van der Waals surface area contributed by atoms with Crippen LogP contribution in [-0.2, 0) is 6.54 Å². The molecule has 7 nitrogen and oxygen atoms in total. The van der Waals surface area contributed by atoms with E-state index >= 15 is 0 Å². The molecule has 0 saturated heterocycles. The Kier molecular flexibility index (Phi) is 4.74. The second-order valence-corrected chi connectivity index (χ2v) is 9.08. The number of rotatable bonds is 5. The zero-order valence-corrected chi connectivity index (χ0v) is 19.0. The Labute approximate surface area is 194 Å². The van der Waals surface area contributed by atoms with Crippen LogP contribution in [0.3, 0.4) is 0 Å². The summed E-state index contributed by atoms with van der Waals surface area (Å²) in [5.74, 6) is 0. The first-order valence-electron chi connectivity index (χ1n) is 10.6. The molecule has 0 amide bonds. The summed E-state index contributed by atoms with van der Waals surface area (Å²) in [6.45, 7) is 0.829. The Morgan fingerprint density at radius 1 is 0.970 bits per heavy atom. The molecule has 0 atom stereocenters. The van der Waals surface area contributed by atoms with Gasteiger partial charge in [-0.1, -0.05) is 0 Å². The van der Waals surface area contributed by atoms with Gasteiger partial charge in [-0.3, -0.25) is 15.1 Å². The second-order valence-electron chi connectivity index (χ2n) is 8.30. The van der Waals surface area contributed by atoms with E-state index in [1.165, 1.54) is 0 Å². The summed E-state index contributed by atoms with van der Waals surface area (Å²) in [7, 11) is 4.10. The summed E-state index contributed by atoms with van der Waals surface area (Å²) >= 11 is 1.67. The van der Waals surface area contributed by atoms with E-state index in [2.05, 4.69) is 59.0 Å². The summed E-state index contributed by atoms with van der Waals surface area (Å²) in [5.41, 5.74) is 9.52. The van der Waals surface area contributed by atoms with Gasteiger partial charge in [-0.25, -0.2) is 4.98 Å². The number of aromatic amines is 2. The van der Waals surface area contributed by atoms with Crippen molar-refractivity contribution in [1.29, 1.82) is 0 Å². The maximum absolute atomic E-state index is 4.96. The van der Waals surface area contributed by atoms with E-state index < -0.39 is 0 Å². The van der Waals surface area contributed by atoms with Crippen LogP contribution in [-0.4, -0.2) is 49.1 Å². The standard InChI is InChI=1S/C25H21N7S/c1-32(2)13-15-9-17(12-26-11-15)19-3-4-21-24(29-19)25(31-30-21)22-10-18-20(28-22)5-7-27-23(18)16-6-8-33-14-16/h3-12,14,28H,13H2,1-2H3,(H,30,31). The first-order valence-corrected chi connectivity index (χ1v) is 11.5. The van der Waals surface area contributed by atoms with Gasteiger partial charge in [0.1, 0.15) is 11.2 Å². The number of pyridine rings is 3. The lowest BCUT2D eigenvalue weighted by Crippen LogP contribution is -2.10. The molecule has 6 aromatic rings. The number of nitrogens with one attached hydrogen (secondary N) is 2. The smallest absolute Gasteiger partial charge is 0.135 e. The van der Waals surface area contributed by atoms with Crippen molar-refractivity contribution in [2.24, 2.45) is 0 Å². The zero-order valence-electron chi connectivity index (χ0n) is 18.2. The normalized spacial score (nSPS) is 11.7. The van der Waals surface area contributed by atoms with Gasteiger partial charge in [0.15, 0.2) is 0 Å². The molecule has 6 aromatic heterocycles. The molecule has 0 saturated carbocycles. The number of thiophene rings is 1. The molecule has 162 valence electrons. The van der Waals surface area contributed by atoms with Crippen molar-refractivity contribution in [2.75, 3.05) is 14.1 Å². The molecule has 6 heterocycles. The predicted molar refractivity (Wildman–Crippen MR) is 133 cm³/mol. The lowest BCUT2D eigenvalue weighted by atomic mass is 10.1. The van der Waals surface area contributed by atoms with Gasteiger partial charge in [-0.15, -0.1) is 0 Å². The fraction of sp³-hybridized carbons (Fsp3) is 0.120. The lowest BCUT2D eigenvalue weighted by molar-refractivity contribution is 0.402. The maximum atomic E-state index is 4.96. The van der Waals surface area contributed by atoms with Gasteiger partial charge >= 0.3 is 0 Å². The molecular formula is C25H21N7S. The van der Waals surface area contributed by atoms with E-state index in [1.807, 2.05) is 50.9 Å². The number of nitrogens with zero attached hydrogens (tertiary/aromatic N) is 5. The van der Waals surface area contributed by atoms with Crippen molar-refractivity contribution in [3.8, 4) is 33.9 Å². The molecule has 0 aromatic carbocycles. The minimum absolute atomic E-state index is 0.789. The summed E-state index contributed by atoms with van der Waals surface area (Å²) in [5, 5.41) is 13.0. The molecule has 0 aliphatic rings. The maximum Gasteiger partial charge on any atom is 0.135 e. The van der Waals surface area contributed by atoms with E-state index in [9.17, 15) is 0 Å². The van der Waals surface area contributed by atoms with Crippen LogP contribution in [0.15, 0.2) is 65.7 Å². The first kappa shape index (κ1) is 19.8. The SMILES string of the molecule is CN(C)Cc1cncc(-c2ccc3[nH]nc(-c4cc5c(-c6ccsc6)nccc5[nH]4)c3n2)c1. The molecule has 0 bridgehead atoms. The van der Waals surface area contributed by atoms with Crippen LogP contribution in [0.2, 0.25) is 0 Å². The van der Waals surface area contributed by atoms with Gasteiger partial charge in [-0.05, 0) is 61.4 Å². The lowest BCUT2D eigenvalue weighted by Gasteiger charge is -2.10. The molecule has 6 rings (SSSR count). The average molecular weight is 452 g/mol. The van der Waals surface area contributed by atoms with Crippen molar-refractivity contribution >= 4 is 33.3 Å². The van der Waals surface area contributed by atoms with Crippen LogP contribution in [0.4, 0.5) is 0 Å². The molecule has 0 unspecified atom stereocenters. The van der Waals surface area contributed by atoms with Crippen LogP contribution >= 0.6 is 11.3 Å². The number of fused-ring (bicyclic) bond motifs is 2. The fourth-order valence-corrected chi connectivity index (χ4v) is 4.78. The van der Waals surface area contributed by atoms with Crippen LogP contribution in [0.5, 0.6) is 0 Å². The molecule has 33 heavy (non-hydrogen) atoms. The van der Waals surface area contributed by atoms with Gasteiger partial charge < -0.3 is 9.88 Å². The van der Waals surface area contributed by atoms with Gasteiger partial charge in [0.25, 0.3) is 0 Å². The topological polar surface area (TPSA) is 86.4 Å². The van der Waals surface area contributed by atoms with Crippen molar-refractivity contribution in [3.05, 3.63) is 71.3 Å². The minimum atomic E-state index is 0.789. The average Bonchev–Trinajstić information content (AvgIpc) is 3.57. The van der Waals surface area contributed by atoms with E-state index in [4.69, 9.17) is 4.98 Å². The van der Waals surface area contributed by atoms with Crippen molar-refractivity contribution in [3.63, 3.8) is 0 Å². The van der Waals surface area contributed by atoms with E-state index in [0.717, 1.165) is 67.9 Å². The highest BCUT2D eigenvalue weighted by molar-refractivity contribution is 7.08. The third kappa shape index (κ3) is 3.59. The fourth-order valence-electron chi connectivity index (χ4n) is 4.14. The summed E-state index contributed by atoms with van der Waals surface area (Å²) in [6.07, 6.45) is 5.59. The van der Waals surface area contributed by atoms with E-state index in [1.54, 1.807) is 11.3 Å². The quantitative estimate of drug-likeness (QED) is 0.369. The molecule has 8 heteroatoms. The summed E-state index contributed by atoms with van der Waals surface area (Å²) < 4.78 is 0. The number of hydrogen-bond donors (Lipinski definition) is 2. The van der Waals surface area contributed by atoms with E-state index in [0.29, 0.717) is 0 Å². The van der Waals surface area contributed by atoms with Crippen LogP contribution in [0.1, 0.15) is 5.56 Å². The molecule has 0 spiro atoms. The number of hydrogen-bond acceptors (Lipinski definition) is 6. The molecule has 2 N–H and O–H groups in total. The van der Waals surface area contributed by atoms with E-state index in [-0.39, 0.29) is 0 Å². The van der Waals surface area contributed by atoms with Gasteiger partial charge in [-0.2, -0.15) is 16.4 Å². The monoisotopic (exact) mass is 451 g/mol. The molecule has 0 aliphatic heterocycles. The predicted octanol–water partition coefficient (Wildman–Crippen LogP) is 5.35. The molecule has 0 fully saturated rings. The van der Waals surface area contributed by atoms with Crippen LogP contribution < -0.4 is 0 Å². The summed E-state index contributed by atoms with van der Waals surface area (Å²) in [4.78, 5) is 19.6. The first-order chi connectivity index (χ1) is 16.2. The summed E-state index contributed by atoms with van der Waals surface area (Å²) in [6, 6.07) is 12.4. The minimum Gasteiger partial charge on any atom is -0.353 e. The van der Waals surface area contributed by atoms with Crippen molar-refractivity contribution in [2.45, 2.75) is 6.54 Å². The largest absolute Gasteiger partial charge is 0.353 e. The Hall–Kier alpha value is -3.88. The van der Waals surface area contributed by atoms with Gasteiger partial charge in [0.05, 0.1) is 22.6 Å². The molecule has 0 radical (unpaired) electrons. The van der Waals surface area contributed by atoms with Crippen molar-refractivity contribution in [1.82, 2.24) is 35.0 Å². The Balaban J connectivity index is 1.45. The van der Waals surface area contributed by atoms with Gasteiger partial charge in [0.2, 0.25) is 0 Å². The number of H-pyrrole nitrogens is 2. The van der Waals surface area contributed by atoms with Crippen LogP contribution in [0, 0.1) is 0 Å². The van der Waals surface area contributed by atoms with Crippen molar-refractivity contribution < 1.29 is 0 Å². The highest BCUT2D eigenvalue weighted by Crippen LogP contribution is 2.33. The molecule has 0 aliphatic carbocycles.